The van der Waals surface area contributed by atoms with Crippen LogP contribution in [0, 0.1) is 5.92 Å². The van der Waals surface area contributed by atoms with Crippen LogP contribution in [0.4, 0.5) is 0 Å². The van der Waals surface area contributed by atoms with Crippen molar-refractivity contribution >= 4 is 24.2 Å². The van der Waals surface area contributed by atoms with Crippen LogP contribution < -0.4 is 10.6 Å². The van der Waals surface area contributed by atoms with Gasteiger partial charge in [-0.3, -0.25) is 19.6 Å². The topological polar surface area (TPSA) is 136 Å². The lowest BCUT2D eigenvalue weighted by atomic mass is 10.00. The summed E-state index contributed by atoms with van der Waals surface area (Å²) in [5.74, 6) is -2.58. The molecule has 0 unspecified atom stereocenters. The minimum absolute atomic E-state index is 0.00248. The molecule has 0 heterocycles. The molecule has 0 fully saturated rings. The van der Waals surface area contributed by atoms with E-state index < -0.39 is 35.9 Å². The zero-order valence-electron chi connectivity index (χ0n) is 19.3. The first-order valence-corrected chi connectivity index (χ1v) is 11.0. The average molecular weight is 470 g/mol. The second kappa shape index (κ2) is 13.1. The largest absolute Gasteiger partial charge is 0.480 e. The Bertz CT molecular complexity index is 952. The van der Waals surface area contributed by atoms with Crippen LogP contribution in [0.2, 0.25) is 0 Å². The maximum atomic E-state index is 13.0. The predicted octanol–water partition coefficient (Wildman–Crippen LogP) is 1.79. The Kier molecular flexibility index (Phi) is 10.2. The molecule has 0 aliphatic carbocycles. The van der Waals surface area contributed by atoms with Crippen molar-refractivity contribution in [2.45, 2.75) is 51.2 Å². The maximum absolute atomic E-state index is 13.0. The standard InChI is InChI=1S/C25H31N3O6/c1-17(2)13-20(23(30)27-21(25(32)33)14-18-9-5-3-6-10-18)26-24(31)22(28(34)16-29)15-19-11-7-4-8-12-19/h3-12,16-17,20-22,34H,13-15H2,1-2H3,(H,26,31)(H,27,30)(H,32,33)/t20-,21-,22-/m0/s1. The molecule has 9 nitrogen and oxygen atoms in total. The van der Waals surface area contributed by atoms with Gasteiger partial charge in [0.25, 0.3) is 0 Å². The Morgan fingerprint density at radius 1 is 0.853 bits per heavy atom. The van der Waals surface area contributed by atoms with E-state index >= 15 is 0 Å². The van der Waals surface area contributed by atoms with Crippen molar-refractivity contribution in [3.8, 4) is 0 Å². The van der Waals surface area contributed by atoms with Gasteiger partial charge in [-0.25, -0.2) is 9.86 Å². The van der Waals surface area contributed by atoms with E-state index in [0.717, 1.165) is 5.56 Å². The van der Waals surface area contributed by atoms with E-state index in [2.05, 4.69) is 10.6 Å². The number of carboxylic acids is 1. The smallest absolute Gasteiger partial charge is 0.326 e. The van der Waals surface area contributed by atoms with Crippen LogP contribution in [0.1, 0.15) is 31.4 Å². The fourth-order valence-corrected chi connectivity index (χ4v) is 3.51. The highest BCUT2D eigenvalue weighted by molar-refractivity contribution is 5.92. The van der Waals surface area contributed by atoms with Crippen LogP contribution >= 0.6 is 0 Å². The molecule has 4 N–H and O–H groups in total. The molecule has 3 amide bonds. The summed E-state index contributed by atoms with van der Waals surface area (Å²) in [6.07, 6.45) is 0.477. The van der Waals surface area contributed by atoms with E-state index in [1.807, 2.05) is 19.9 Å². The van der Waals surface area contributed by atoms with Crippen LogP contribution in [-0.2, 0) is 32.0 Å². The zero-order chi connectivity index (χ0) is 25.1. The lowest BCUT2D eigenvalue weighted by Crippen LogP contribution is -2.56. The first-order valence-electron chi connectivity index (χ1n) is 11.0. The molecule has 0 aliphatic rings. The number of hydroxylamine groups is 2. The van der Waals surface area contributed by atoms with Gasteiger partial charge >= 0.3 is 5.97 Å². The Hall–Kier alpha value is -3.72. The molecule has 0 spiro atoms. The van der Waals surface area contributed by atoms with Gasteiger partial charge < -0.3 is 15.7 Å². The number of benzene rings is 2. The van der Waals surface area contributed by atoms with E-state index in [1.54, 1.807) is 54.6 Å². The molecule has 0 bridgehead atoms. The molecule has 2 aromatic carbocycles. The highest BCUT2D eigenvalue weighted by Gasteiger charge is 2.31. The van der Waals surface area contributed by atoms with Gasteiger partial charge in [0, 0.05) is 12.8 Å². The lowest BCUT2D eigenvalue weighted by Gasteiger charge is -2.27. The molecule has 34 heavy (non-hydrogen) atoms. The molecule has 2 rings (SSSR count). The van der Waals surface area contributed by atoms with Crippen molar-refractivity contribution in [2.24, 2.45) is 5.92 Å². The zero-order valence-corrected chi connectivity index (χ0v) is 19.3. The monoisotopic (exact) mass is 469 g/mol. The van der Waals surface area contributed by atoms with Crippen LogP contribution in [0.5, 0.6) is 0 Å². The summed E-state index contributed by atoms with van der Waals surface area (Å²) in [5, 5.41) is 25.0. The minimum atomic E-state index is -1.26. The highest BCUT2D eigenvalue weighted by Crippen LogP contribution is 2.11. The van der Waals surface area contributed by atoms with E-state index in [0.29, 0.717) is 5.56 Å². The van der Waals surface area contributed by atoms with E-state index in [9.17, 15) is 29.5 Å². The minimum Gasteiger partial charge on any atom is -0.480 e. The van der Waals surface area contributed by atoms with Crippen molar-refractivity contribution in [3.63, 3.8) is 0 Å². The first-order chi connectivity index (χ1) is 16.2. The molecule has 0 saturated carbocycles. The number of carbonyl (C=O) groups excluding carboxylic acids is 3. The number of nitrogens with zero attached hydrogens (tertiary/aromatic N) is 1. The third-order valence-electron chi connectivity index (χ3n) is 5.24. The molecule has 0 radical (unpaired) electrons. The third-order valence-corrected chi connectivity index (χ3v) is 5.24. The van der Waals surface area contributed by atoms with Crippen LogP contribution in [0.25, 0.3) is 0 Å². The molecule has 3 atom stereocenters. The summed E-state index contributed by atoms with van der Waals surface area (Å²) in [7, 11) is 0. The highest BCUT2D eigenvalue weighted by atomic mass is 16.5. The van der Waals surface area contributed by atoms with Gasteiger partial charge in [-0.05, 0) is 23.5 Å². The Labute approximate surface area is 198 Å². The first kappa shape index (κ1) is 26.5. The average Bonchev–Trinajstić information content (AvgIpc) is 2.82. The summed E-state index contributed by atoms with van der Waals surface area (Å²) in [6.45, 7) is 3.71. The molecule has 182 valence electrons. The molecule has 2 aromatic rings. The second-order valence-electron chi connectivity index (χ2n) is 8.47. The summed E-state index contributed by atoms with van der Waals surface area (Å²) < 4.78 is 0. The quantitative estimate of drug-likeness (QED) is 0.201. The van der Waals surface area contributed by atoms with Crippen molar-refractivity contribution in [3.05, 3.63) is 71.8 Å². The Morgan fingerprint density at radius 3 is 1.82 bits per heavy atom. The van der Waals surface area contributed by atoms with Crippen molar-refractivity contribution < 1.29 is 29.5 Å². The van der Waals surface area contributed by atoms with Gasteiger partial charge in [0.15, 0.2) is 0 Å². The van der Waals surface area contributed by atoms with Crippen LogP contribution in [-0.4, -0.2) is 57.7 Å². The van der Waals surface area contributed by atoms with Gasteiger partial charge in [0.2, 0.25) is 18.2 Å². The number of hydrogen-bond acceptors (Lipinski definition) is 5. The number of carbonyl (C=O) groups is 4. The maximum Gasteiger partial charge on any atom is 0.326 e. The fraction of sp³-hybridized carbons (Fsp3) is 0.360. The van der Waals surface area contributed by atoms with Crippen molar-refractivity contribution in [2.75, 3.05) is 0 Å². The number of hydrogen-bond donors (Lipinski definition) is 4. The number of amides is 3. The second-order valence-corrected chi connectivity index (χ2v) is 8.47. The fourth-order valence-electron chi connectivity index (χ4n) is 3.51. The predicted molar refractivity (Wildman–Crippen MR) is 125 cm³/mol. The van der Waals surface area contributed by atoms with Gasteiger partial charge in [-0.15, -0.1) is 0 Å². The van der Waals surface area contributed by atoms with Crippen molar-refractivity contribution in [1.29, 1.82) is 0 Å². The summed E-state index contributed by atoms with van der Waals surface area (Å²) in [5.41, 5.74) is 1.45. The molecular formula is C25H31N3O6. The van der Waals surface area contributed by atoms with E-state index in [4.69, 9.17) is 0 Å². The van der Waals surface area contributed by atoms with Gasteiger partial charge in [0.05, 0.1) is 0 Å². The van der Waals surface area contributed by atoms with Gasteiger partial charge in [-0.1, -0.05) is 74.5 Å². The Balaban J connectivity index is 2.16. The lowest BCUT2D eigenvalue weighted by molar-refractivity contribution is -0.167. The number of nitrogens with one attached hydrogen (secondary N) is 2. The van der Waals surface area contributed by atoms with Crippen LogP contribution in [0.3, 0.4) is 0 Å². The van der Waals surface area contributed by atoms with E-state index in [1.165, 1.54) is 0 Å². The molecular weight excluding hydrogens is 438 g/mol. The molecule has 0 aliphatic heterocycles. The van der Waals surface area contributed by atoms with E-state index in [-0.39, 0.29) is 36.7 Å². The molecule has 0 saturated heterocycles. The van der Waals surface area contributed by atoms with Gasteiger partial charge in [0.1, 0.15) is 18.1 Å². The normalized spacial score (nSPS) is 13.4. The Morgan fingerprint density at radius 2 is 1.35 bits per heavy atom. The molecule has 0 aromatic heterocycles. The summed E-state index contributed by atoms with van der Waals surface area (Å²) in [6, 6.07) is 14.2. The SMILES string of the molecule is CC(C)C[C@H](NC(=O)[C@H](Cc1ccccc1)N(O)C=O)C(=O)N[C@@H](Cc1ccccc1)C(=O)O. The third kappa shape index (κ3) is 8.32. The molecule has 9 heteroatoms. The van der Waals surface area contributed by atoms with Crippen molar-refractivity contribution in [1.82, 2.24) is 15.7 Å². The number of aliphatic carboxylic acids is 1. The number of rotatable bonds is 13. The van der Waals surface area contributed by atoms with Gasteiger partial charge in [-0.2, -0.15) is 0 Å². The summed E-state index contributed by atoms with van der Waals surface area (Å²) in [4.78, 5) is 48.9. The van der Waals surface area contributed by atoms with Crippen LogP contribution in [0.15, 0.2) is 60.7 Å². The number of carboxylic acid groups (broad SMARTS) is 1. The summed E-state index contributed by atoms with van der Waals surface area (Å²) >= 11 is 0.